The molecule has 0 aromatic carbocycles. The summed E-state index contributed by atoms with van der Waals surface area (Å²) in [6.07, 6.45) is 123. The smallest absolute Gasteiger partial charge is 0.306 e. The van der Waals surface area contributed by atoms with Crippen molar-refractivity contribution in [3.8, 4) is 0 Å². The fourth-order valence-electron chi connectivity index (χ4n) is 11.1. The third kappa shape index (κ3) is 83.3. The number of allylic oxidation sites excluding steroid dienone is 32. The molecule has 0 amide bonds. The first-order chi connectivity index (χ1) is 50.6. The number of rotatable bonds is 75. The van der Waals surface area contributed by atoms with E-state index in [4.69, 9.17) is 18.9 Å². The van der Waals surface area contributed by atoms with E-state index in [1.807, 2.05) is 21.1 Å². The number of ether oxygens (including phenoxy) is 4. The van der Waals surface area contributed by atoms with E-state index in [0.29, 0.717) is 17.4 Å². The Hall–Kier alpha value is -5.87. The Balaban J connectivity index is 4.10. The van der Waals surface area contributed by atoms with E-state index >= 15 is 0 Å². The highest BCUT2D eigenvalue weighted by Crippen LogP contribution is 2.18. The number of carboxylic acid groups (broad SMARTS) is 1. The summed E-state index contributed by atoms with van der Waals surface area (Å²) in [6, 6.07) is 0. The highest BCUT2D eigenvalue weighted by Gasteiger charge is 2.22. The first-order valence-electron chi connectivity index (χ1n) is 41.6. The number of likely N-dealkylation sites (N-methyl/N-ethyl adjacent to an activating group) is 1. The van der Waals surface area contributed by atoms with Gasteiger partial charge in [-0.1, -0.05) is 362 Å². The predicted molar refractivity (Wildman–Crippen MR) is 444 cm³/mol. The molecule has 0 aliphatic rings. The lowest BCUT2D eigenvalue weighted by Gasteiger charge is -2.26. The summed E-state index contributed by atoms with van der Waals surface area (Å²) >= 11 is 0. The quantitative estimate of drug-likeness (QED) is 0.0195. The molecule has 0 aliphatic carbocycles. The topological polar surface area (TPSA) is 111 Å². The van der Waals surface area contributed by atoms with Crippen LogP contribution in [0, 0.1) is 0 Å². The molecule has 9 nitrogen and oxygen atoms in total. The summed E-state index contributed by atoms with van der Waals surface area (Å²) in [7, 11) is 5.92. The lowest BCUT2D eigenvalue weighted by atomic mass is 10.0. The van der Waals surface area contributed by atoms with Gasteiger partial charge in [0.1, 0.15) is 13.2 Å². The number of carbonyl (C=O) groups is 3. The van der Waals surface area contributed by atoms with Gasteiger partial charge in [0.15, 0.2) is 12.4 Å². The fraction of sp³-hybridized carbons (Fsp3) is 0.628. The minimum absolute atomic E-state index is 0.136. The molecule has 0 radical (unpaired) electrons. The molecule has 0 saturated heterocycles. The first kappa shape index (κ1) is 97.1. The number of unbranched alkanes of at least 4 members (excludes halogenated alkanes) is 28. The molecule has 0 aliphatic heterocycles. The van der Waals surface area contributed by atoms with Crippen LogP contribution in [-0.2, 0) is 33.3 Å². The van der Waals surface area contributed by atoms with E-state index in [2.05, 4.69) is 208 Å². The Morgan fingerprint density at radius 2 is 0.524 bits per heavy atom. The number of hydrogen-bond acceptors (Lipinski definition) is 8. The normalized spacial score (nSPS) is 13.7. The minimum atomic E-state index is -1.64. The molecule has 2 atom stereocenters. The van der Waals surface area contributed by atoms with E-state index in [1.54, 1.807) is 0 Å². The van der Waals surface area contributed by atoms with Crippen LogP contribution < -0.4 is 5.11 Å². The lowest BCUT2D eigenvalue weighted by Crippen LogP contribution is -2.44. The maximum Gasteiger partial charge on any atom is 0.306 e. The molecule has 0 heterocycles. The Morgan fingerprint density at radius 1 is 0.291 bits per heavy atom. The van der Waals surface area contributed by atoms with Crippen LogP contribution in [0.4, 0.5) is 0 Å². The standard InChI is InChI=1S/C94H153NO8/c1-6-8-10-12-14-16-18-20-22-24-26-28-30-32-34-36-38-40-42-44-46-48-50-52-54-56-58-60-62-64-66-68-70-72-74-76-78-80-82-84-91(96)101-88-90(89-102-94(93(98)99)100-87-86-95(3,4)5)103-92(97)85-83-81-79-77-75-73-71-69-67-65-63-61-59-57-55-53-51-49-47-45-43-41-39-37-35-33-31-29-27-25-23-21-19-17-15-13-11-9-7-2/h8-11,14-17,20-23,26-29,32-35,39,41,45,47,51,53,57,59,63,65,69,71,90,94H,6-7,12-13,18-19,24-25,30-31,36-38,40,42-44,46,48-50,52,54-56,58,60-62,64,66-68,70,72-89H2,1-5H3/b10-8-,11-9-,16-14-,17-15-,22-20-,23-21-,28-26-,29-27-,34-32-,35-33-,41-39-,47-45-,53-51-,59-57-,65-63-,71-69-. The molecule has 2 unspecified atom stereocenters. The van der Waals surface area contributed by atoms with Crippen molar-refractivity contribution in [2.45, 2.75) is 334 Å². The molecule has 582 valence electrons. The third-order valence-electron chi connectivity index (χ3n) is 17.3. The van der Waals surface area contributed by atoms with Gasteiger partial charge in [-0.25, -0.2) is 0 Å². The van der Waals surface area contributed by atoms with E-state index in [9.17, 15) is 19.5 Å². The van der Waals surface area contributed by atoms with Gasteiger partial charge in [0, 0.05) is 12.8 Å². The Bertz CT molecular complexity index is 2410. The Morgan fingerprint density at radius 3 is 0.777 bits per heavy atom. The average Bonchev–Trinajstić information content (AvgIpc) is 0.985. The summed E-state index contributed by atoms with van der Waals surface area (Å²) in [5.74, 6) is -2.31. The van der Waals surface area contributed by atoms with E-state index in [1.165, 1.54) is 135 Å². The van der Waals surface area contributed by atoms with Crippen molar-refractivity contribution < 1.29 is 42.9 Å². The third-order valence-corrected chi connectivity index (χ3v) is 17.3. The SMILES string of the molecule is CC/C=C\C/C=C\C/C=C\C/C=C\C/C=C\C/C=C\C/C=C\C/C=C\C/C=C\C/C=C\C/C=C\CCCCCCCC(=O)OC(COC(=O)CCCCCCCCCCCCCCCCCCCCCCCCC/C=C\C/C=C\C/C=C\C/C=C\C/C=C\CC)COC(OCC[N+](C)(C)C)C(=O)[O-]. The van der Waals surface area contributed by atoms with Crippen LogP contribution >= 0.6 is 0 Å². The zero-order valence-electron chi connectivity index (χ0n) is 66.6. The number of esters is 2. The van der Waals surface area contributed by atoms with Crippen LogP contribution in [0.2, 0.25) is 0 Å². The monoisotopic (exact) mass is 1420 g/mol. The second kappa shape index (κ2) is 81.8. The number of carboxylic acids is 1. The summed E-state index contributed by atoms with van der Waals surface area (Å²) in [5.41, 5.74) is 0. The van der Waals surface area contributed by atoms with Gasteiger partial charge in [0.2, 0.25) is 0 Å². The summed E-state index contributed by atoms with van der Waals surface area (Å²) in [5, 5.41) is 11.9. The van der Waals surface area contributed by atoms with Gasteiger partial charge in [-0.05, 0) is 141 Å². The zero-order valence-corrected chi connectivity index (χ0v) is 66.6. The van der Waals surface area contributed by atoms with Crippen molar-refractivity contribution in [3.05, 3.63) is 194 Å². The number of quaternary nitrogens is 1. The number of carbonyl (C=O) groups excluding carboxylic acids is 3. The van der Waals surface area contributed by atoms with Crippen LogP contribution in [0.15, 0.2) is 194 Å². The highest BCUT2D eigenvalue weighted by atomic mass is 16.7. The van der Waals surface area contributed by atoms with Crippen molar-refractivity contribution >= 4 is 17.9 Å². The second-order valence-electron chi connectivity index (χ2n) is 28.3. The van der Waals surface area contributed by atoms with Gasteiger partial charge < -0.3 is 33.3 Å². The second-order valence-corrected chi connectivity index (χ2v) is 28.3. The first-order valence-corrected chi connectivity index (χ1v) is 41.6. The van der Waals surface area contributed by atoms with Crippen molar-refractivity contribution in [1.82, 2.24) is 0 Å². The summed E-state index contributed by atoms with van der Waals surface area (Å²) < 4.78 is 22.8. The van der Waals surface area contributed by atoms with Gasteiger partial charge in [0.05, 0.1) is 40.3 Å². The van der Waals surface area contributed by atoms with Crippen molar-refractivity contribution in [3.63, 3.8) is 0 Å². The lowest BCUT2D eigenvalue weighted by molar-refractivity contribution is -0.870. The predicted octanol–water partition coefficient (Wildman–Crippen LogP) is 25.9. The molecular weight excluding hydrogens is 1270 g/mol. The highest BCUT2D eigenvalue weighted by molar-refractivity contribution is 5.70. The van der Waals surface area contributed by atoms with Crippen molar-refractivity contribution in [2.24, 2.45) is 0 Å². The number of nitrogens with zero attached hydrogens (tertiary/aromatic N) is 1. The molecule has 0 spiro atoms. The van der Waals surface area contributed by atoms with Crippen LogP contribution in [0.1, 0.15) is 322 Å². The molecule has 103 heavy (non-hydrogen) atoms. The number of aliphatic carboxylic acids is 1. The zero-order chi connectivity index (χ0) is 74.6. The van der Waals surface area contributed by atoms with Crippen molar-refractivity contribution in [1.29, 1.82) is 0 Å². The molecule has 9 heteroatoms. The van der Waals surface area contributed by atoms with E-state index in [-0.39, 0.29) is 38.6 Å². The molecule has 0 saturated carbocycles. The van der Waals surface area contributed by atoms with Crippen molar-refractivity contribution in [2.75, 3.05) is 47.5 Å². The minimum Gasteiger partial charge on any atom is -0.545 e. The Labute approximate surface area is 633 Å². The maximum atomic E-state index is 13.0. The molecule has 0 aromatic rings. The summed E-state index contributed by atoms with van der Waals surface area (Å²) in [6.45, 7) is 4.50. The van der Waals surface area contributed by atoms with E-state index < -0.39 is 24.3 Å². The molecule has 0 aromatic heterocycles. The van der Waals surface area contributed by atoms with Gasteiger partial charge in [-0.2, -0.15) is 0 Å². The maximum absolute atomic E-state index is 13.0. The largest absolute Gasteiger partial charge is 0.545 e. The molecule has 0 fully saturated rings. The van der Waals surface area contributed by atoms with Crippen LogP contribution in [0.3, 0.4) is 0 Å². The van der Waals surface area contributed by atoms with Crippen LogP contribution in [0.5, 0.6) is 0 Å². The number of hydrogen-bond donors (Lipinski definition) is 0. The molecule has 0 bridgehead atoms. The summed E-state index contributed by atoms with van der Waals surface area (Å²) in [4.78, 5) is 37.6. The van der Waals surface area contributed by atoms with Gasteiger partial charge in [-0.3, -0.25) is 9.59 Å². The van der Waals surface area contributed by atoms with Gasteiger partial charge >= 0.3 is 11.9 Å². The fourth-order valence-corrected chi connectivity index (χ4v) is 11.1. The Kier molecular flexibility index (Phi) is 77.1. The van der Waals surface area contributed by atoms with Gasteiger partial charge in [-0.15, -0.1) is 0 Å². The molecular formula is C94H153NO8. The molecule has 0 rings (SSSR count). The van der Waals surface area contributed by atoms with Crippen LogP contribution in [0.25, 0.3) is 0 Å². The van der Waals surface area contributed by atoms with Crippen LogP contribution in [-0.4, -0.2) is 82.3 Å². The molecule has 0 N–H and O–H groups in total. The van der Waals surface area contributed by atoms with E-state index in [0.717, 1.165) is 154 Å². The van der Waals surface area contributed by atoms with Gasteiger partial charge in [0.25, 0.3) is 0 Å². The average molecular weight is 1430 g/mol.